The minimum Gasteiger partial charge on any atom is -0.385 e. The highest BCUT2D eigenvalue weighted by Gasteiger charge is 2.11. The van der Waals surface area contributed by atoms with Gasteiger partial charge in [-0.1, -0.05) is 0 Å². The topological polar surface area (TPSA) is 64.3 Å². The quantitative estimate of drug-likeness (QED) is 0.574. The van der Waals surface area contributed by atoms with Crippen LogP contribution in [0, 0.1) is 0 Å². The fourth-order valence-electron chi connectivity index (χ4n) is 0.991. The van der Waals surface area contributed by atoms with E-state index in [0.717, 1.165) is 18.6 Å². The number of thioether (sulfide) groups is 1. The number of methoxy groups -OCH3 is 1. The van der Waals surface area contributed by atoms with E-state index < -0.39 is 0 Å². The van der Waals surface area contributed by atoms with Crippen LogP contribution >= 0.6 is 11.8 Å². The highest BCUT2D eigenvalue weighted by atomic mass is 32.2. The number of hydrogen-bond acceptors (Lipinski definition) is 4. The molecular weight excluding hydrogens is 212 g/mol. The third kappa shape index (κ3) is 8.72. The molecule has 0 aromatic heterocycles. The van der Waals surface area contributed by atoms with E-state index in [9.17, 15) is 4.79 Å². The molecule has 1 atom stereocenters. The molecule has 0 aliphatic heterocycles. The molecule has 0 saturated heterocycles. The Kier molecular flexibility index (Phi) is 10.1. The number of carbonyl (C=O) groups excluding carboxylic acids is 1. The zero-order chi connectivity index (χ0) is 11.5. The van der Waals surface area contributed by atoms with E-state index in [4.69, 9.17) is 10.5 Å². The van der Waals surface area contributed by atoms with Crippen LogP contribution in [-0.4, -0.2) is 43.7 Å². The van der Waals surface area contributed by atoms with Crippen molar-refractivity contribution in [3.63, 3.8) is 0 Å². The van der Waals surface area contributed by atoms with E-state index >= 15 is 0 Å². The van der Waals surface area contributed by atoms with Crippen LogP contribution in [0.5, 0.6) is 0 Å². The highest BCUT2D eigenvalue weighted by molar-refractivity contribution is 8.00. The van der Waals surface area contributed by atoms with Crippen molar-refractivity contribution in [2.45, 2.75) is 25.0 Å². The average Bonchev–Trinajstić information content (AvgIpc) is 2.24. The van der Waals surface area contributed by atoms with Crippen molar-refractivity contribution in [2.75, 3.05) is 32.6 Å². The zero-order valence-corrected chi connectivity index (χ0v) is 10.4. The second-order valence-corrected chi connectivity index (χ2v) is 4.74. The Morgan fingerprint density at radius 1 is 1.53 bits per heavy atom. The third-order valence-corrected chi connectivity index (χ3v) is 3.15. The fraction of sp³-hybridized carbons (Fsp3) is 0.900. The molecule has 15 heavy (non-hydrogen) atoms. The van der Waals surface area contributed by atoms with E-state index in [-0.39, 0.29) is 11.2 Å². The summed E-state index contributed by atoms with van der Waals surface area (Å²) in [4.78, 5) is 11.5. The van der Waals surface area contributed by atoms with Crippen molar-refractivity contribution in [3.05, 3.63) is 0 Å². The Morgan fingerprint density at radius 2 is 2.27 bits per heavy atom. The van der Waals surface area contributed by atoms with Crippen molar-refractivity contribution < 1.29 is 9.53 Å². The van der Waals surface area contributed by atoms with Gasteiger partial charge in [-0.15, -0.1) is 11.8 Å². The van der Waals surface area contributed by atoms with E-state index in [1.807, 2.05) is 6.92 Å². The summed E-state index contributed by atoms with van der Waals surface area (Å²) in [5, 5.41) is 2.89. The lowest BCUT2D eigenvalue weighted by Gasteiger charge is -2.11. The Labute approximate surface area is 96.3 Å². The van der Waals surface area contributed by atoms with Crippen LogP contribution in [0.15, 0.2) is 0 Å². The zero-order valence-electron chi connectivity index (χ0n) is 9.62. The molecule has 0 fully saturated rings. The largest absolute Gasteiger partial charge is 0.385 e. The maximum absolute atomic E-state index is 11.5. The number of ether oxygens (including phenoxy) is 1. The van der Waals surface area contributed by atoms with Gasteiger partial charge >= 0.3 is 0 Å². The van der Waals surface area contributed by atoms with Gasteiger partial charge in [-0.05, 0) is 32.1 Å². The van der Waals surface area contributed by atoms with Crippen LogP contribution in [0.3, 0.4) is 0 Å². The van der Waals surface area contributed by atoms with Crippen molar-refractivity contribution >= 4 is 17.7 Å². The number of carbonyl (C=O) groups is 1. The van der Waals surface area contributed by atoms with Crippen molar-refractivity contribution in [2.24, 2.45) is 5.73 Å². The summed E-state index contributed by atoms with van der Waals surface area (Å²) in [5.74, 6) is 1.05. The smallest absolute Gasteiger partial charge is 0.232 e. The molecule has 0 bridgehead atoms. The summed E-state index contributed by atoms with van der Waals surface area (Å²) in [5.41, 5.74) is 5.38. The molecule has 0 heterocycles. The lowest BCUT2D eigenvalue weighted by Crippen LogP contribution is -2.32. The van der Waals surface area contributed by atoms with Crippen LogP contribution in [0.2, 0.25) is 0 Å². The molecule has 1 amide bonds. The summed E-state index contributed by atoms with van der Waals surface area (Å²) in [6.45, 7) is 3.99. The first kappa shape index (κ1) is 14.7. The molecule has 0 aliphatic rings. The van der Waals surface area contributed by atoms with Gasteiger partial charge in [0, 0.05) is 20.3 Å². The van der Waals surface area contributed by atoms with Gasteiger partial charge in [-0.25, -0.2) is 0 Å². The molecule has 1 unspecified atom stereocenters. The highest BCUT2D eigenvalue weighted by Crippen LogP contribution is 2.10. The number of nitrogens with one attached hydrogen (secondary N) is 1. The summed E-state index contributed by atoms with van der Waals surface area (Å²) in [6.07, 6.45) is 1.83. The van der Waals surface area contributed by atoms with E-state index in [1.54, 1.807) is 18.9 Å². The molecule has 90 valence electrons. The molecule has 3 N–H and O–H groups in total. The maximum Gasteiger partial charge on any atom is 0.232 e. The number of rotatable bonds is 9. The Balaban J connectivity index is 3.42. The van der Waals surface area contributed by atoms with Crippen LogP contribution < -0.4 is 11.1 Å². The minimum atomic E-state index is 0.0131. The summed E-state index contributed by atoms with van der Waals surface area (Å²) >= 11 is 1.65. The average molecular weight is 234 g/mol. The van der Waals surface area contributed by atoms with Gasteiger partial charge in [-0.2, -0.15) is 0 Å². The Morgan fingerprint density at radius 3 is 2.87 bits per heavy atom. The first-order chi connectivity index (χ1) is 7.22. The number of nitrogens with two attached hydrogens (primary N) is 1. The second-order valence-electron chi connectivity index (χ2n) is 3.29. The number of hydrogen-bond donors (Lipinski definition) is 2. The number of amides is 1. The van der Waals surface area contributed by atoms with Crippen LogP contribution in [-0.2, 0) is 9.53 Å². The molecule has 0 spiro atoms. The van der Waals surface area contributed by atoms with Gasteiger partial charge in [0.1, 0.15) is 0 Å². The normalized spacial score (nSPS) is 12.5. The molecule has 0 radical (unpaired) electrons. The molecule has 0 aromatic carbocycles. The first-order valence-corrected chi connectivity index (χ1v) is 6.35. The Bertz CT molecular complexity index is 168. The third-order valence-electron chi connectivity index (χ3n) is 1.91. The predicted molar refractivity (Wildman–Crippen MR) is 65.1 cm³/mol. The lowest BCUT2D eigenvalue weighted by atomic mass is 10.4. The van der Waals surface area contributed by atoms with E-state index in [2.05, 4.69) is 5.32 Å². The SMILES string of the molecule is COCCCNC(=O)C(C)SCCCN. The summed E-state index contributed by atoms with van der Waals surface area (Å²) < 4.78 is 4.89. The van der Waals surface area contributed by atoms with Crippen LogP contribution in [0.1, 0.15) is 19.8 Å². The molecule has 0 saturated carbocycles. The molecule has 5 heteroatoms. The van der Waals surface area contributed by atoms with Crippen LogP contribution in [0.25, 0.3) is 0 Å². The van der Waals surface area contributed by atoms with Crippen molar-refractivity contribution in [3.8, 4) is 0 Å². The fourth-order valence-corrected chi connectivity index (χ4v) is 1.91. The molecule has 0 aromatic rings. The molecule has 0 rings (SSSR count). The van der Waals surface area contributed by atoms with Gasteiger partial charge in [0.05, 0.1) is 5.25 Å². The van der Waals surface area contributed by atoms with Gasteiger partial charge in [-0.3, -0.25) is 4.79 Å². The van der Waals surface area contributed by atoms with Crippen molar-refractivity contribution in [1.29, 1.82) is 0 Å². The monoisotopic (exact) mass is 234 g/mol. The molecular formula is C10H22N2O2S. The predicted octanol–water partition coefficient (Wildman–Crippen LogP) is 0.610. The van der Waals surface area contributed by atoms with Gasteiger partial charge in [0.2, 0.25) is 5.91 Å². The standard InChI is InChI=1S/C10H22N2O2S/c1-9(15-8-3-5-11)10(13)12-6-4-7-14-2/h9H,3-8,11H2,1-2H3,(H,12,13). The van der Waals surface area contributed by atoms with E-state index in [0.29, 0.717) is 19.7 Å². The molecule has 4 nitrogen and oxygen atoms in total. The Hall–Kier alpha value is -0.260. The van der Waals surface area contributed by atoms with Gasteiger partial charge in [0.15, 0.2) is 0 Å². The van der Waals surface area contributed by atoms with E-state index in [1.165, 1.54) is 0 Å². The van der Waals surface area contributed by atoms with Gasteiger partial charge in [0.25, 0.3) is 0 Å². The maximum atomic E-state index is 11.5. The summed E-state index contributed by atoms with van der Waals surface area (Å²) in [7, 11) is 1.66. The minimum absolute atomic E-state index is 0.0131. The van der Waals surface area contributed by atoms with Crippen molar-refractivity contribution in [1.82, 2.24) is 5.32 Å². The van der Waals surface area contributed by atoms with Crippen LogP contribution in [0.4, 0.5) is 0 Å². The van der Waals surface area contributed by atoms with Gasteiger partial charge < -0.3 is 15.8 Å². The molecule has 0 aliphatic carbocycles. The second kappa shape index (κ2) is 10.3. The summed E-state index contributed by atoms with van der Waals surface area (Å²) in [6, 6.07) is 0. The first-order valence-electron chi connectivity index (χ1n) is 5.30. The lowest BCUT2D eigenvalue weighted by molar-refractivity contribution is -0.120.